The zero-order valence-corrected chi connectivity index (χ0v) is 11.5. The Morgan fingerprint density at radius 2 is 2.05 bits per heavy atom. The third-order valence-corrected chi connectivity index (χ3v) is 4.45. The number of pyridine rings is 1. The number of thiazole rings is 1. The zero-order valence-electron chi connectivity index (χ0n) is 9.07. The average Bonchev–Trinajstić information content (AvgIpc) is 2.74. The smallest absolute Gasteiger partial charge is 0.354 e. The molecule has 0 saturated heterocycles. The highest BCUT2D eigenvalue weighted by Gasteiger charge is 2.17. The normalized spacial score (nSPS) is 11.2. The van der Waals surface area contributed by atoms with Gasteiger partial charge in [-0.2, -0.15) is 0 Å². The van der Waals surface area contributed by atoms with Crippen LogP contribution >= 0.6 is 22.9 Å². The average molecular weight is 320 g/mol. The summed E-state index contributed by atoms with van der Waals surface area (Å²) in [4.78, 5) is 17.7. The fraction of sp³-hybridized carbons (Fsp3) is 0. The molecule has 2 aromatic heterocycles. The molecule has 2 heterocycles. The second-order valence-corrected chi connectivity index (χ2v) is 6.60. The van der Waals surface area contributed by atoms with E-state index in [4.69, 9.17) is 16.7 Å². The van der Waals surface area contributed by atoms with E-state index in [1.165, 1.54) is 6.20 Å². The van der Waals surface area contributed by atoms with E-state index in [0.717, 1.165) is 29.7 Å². The molecule has 0 aliphatic rings. The molecule has 0 radical (unpaired) electrons. The Morgan fingerprint density at radius 1 is 1.32 bits per heavy atom. The van der Waals surface area contributed by atoms with Gasteiger partial charge >= 0.3 is 5.97 Å². The first kappa shape index (κ1) is 13.7. The molecular formula is C9H6ClN3O4S2. The molecule has 0 saturated carbocycles. The number of rotatable bonds is 4. The first-order valence-electron chi connectivity index (χ1n) is 4.72. The molecule has 0 aromatic carbocycles. The molecular weight excluding hydrogens is 314 g/mol. The maximum absolute atomic E-state index is 11.9. The van der Waals surface area contributed by atoms with E-state index >= 15 is 0 Å². The van der Waals surface area contributed by atoms with Crippen molar-refractivity contribution >= 4 is 44.1 Å². The Morgan fingerprint density at radius 3 is 2.53 bits per heavy atom. The van der Waals surface area contributed by atoms with Gasteiger partial charge in [-0.25, -0.2) is 23.2 Å². The van der Waals surface area contributed by atoms with Crippen LogP contribution in [0.3, 0.4) is 0 Å². The van der Waals surface area contributed by atoms with Crippen LogP contribution in [0.1, 0.15) is 10.5 Å². The van der Waals surface area contributed by atoms with Gasteiger partial charge in [0.15, 0.2) is 5.13 Å². The molecule has 7 nitrogen and oxygen atoms in total. The number of sulfonamides is 1. The standard InChI is InChI=1S/C9H6ClN3O4S2/c10-7-4-12-9(18-7)13-19(16,17)5-1-2-6(8(14)15)11-3-5/h1-4H,(H,12,13)(H,14,15). The number of nitrogens with zero attached hydrogens (tertiary/aromatic N) is 2. The molecule has 0 aliphatic heterocycles. The van der Waals surface area contributed by atoms with Crippen molar-refractivity contribution in [2.75, 3.05) is 4.72 Å². The summed E-state index contributed by atoms with van der Waals surface area (Å²) >= 11 is 6.60. The van der Waals surface area contributed by atoms with E-state index < -0.39 is 16.0 Å². The molecule has 0 spiro atoms. The number of hydrogen-bond donors (Lipinski definition) is 2. The Balaban J connectivity index is 2.26. The maximum atomic E-state index is 11.9. The summed E-state index contributed by atoms with van der Waals surface area (Å²) in [6.45, 7) is 0. The first-order valence-corrected chi connectivity index (χ1v) is 7.40. The minimum Gasteiger partial charge on any atom is -0.477 e. The molecule has 0 unspecified atom stereocenters. The Bertz CT molecular complexity index is 711. The van der Waals surface area contributed by atoms with Crippen LogP contribution in [0.2, 0.25) is 4.34 Å². The van der Waals surface area contributed by atoms with E-state index in [1.807, 2.05) is 0 Å². The lowest BCUT2D eigenvalue weighted by molar-refractivity contribution is 0.0690. The van der Waals surface area contributed by atoms with Crippen LogP contribution in [0.5, 0.6) is 0 Å². The fourth-order valence-electron chi connectivity index (χ4n) is 1.14. The number of carboxylic acid groups (broad SMARTS) is 1. The van der Waals surface area contributed by atoms with Crippen molar-refractivity contribution in [2.24, 2.45) is 0 Å². The van der Waals surface area contributed by atoms with Crippen LogP contribution in [0, 0.1) is 0 Å². The van der Waals surface area contributed by atoms with E-state index in [-0.39, 0.29) is 15.7 Å². The van der Waals surface area contributed by atoms with Crippen LogP contribution in [0.15, 0.2) is 29.4 Å². The van der Waals surface area contributed by atoms with Crippen molar-refractivity contribution in [1.29, 1.82) is 0 Å². The zero-order chi connectivity index (χ0) is 14.0. The van der Waals surface area contributed by atoms with Crippen molar-refractivity contribution in [1.82, 2.24) is 9.97 Å². The van der Waals surface area contributed by atoms with Crippen molar-refractivity contribution in [3.8, 4) is 0 Å². The Kier molecular flexibility index (Phi) is 3.69. The maximum Gasteiger partial charge on any atom is 0.354 e. The lowest BCUT2D eigenvalue weighted by atomic mass is 10.4. The summed E-state index contributed by atoms with van der Waals surface area (Å²) < 4.78 is 26.4. The highest BCUT2D eigenvalue weighted by atomic mass is 35.5. The second-order valence-electron chi connectivity index (χ2n) is 3.26. The minimum atomic E-state index is -3.86. The van der Waals surface area contributed by atoms with Gasteiger partial charge in [-0.15, -0.1) is 0 Å². The summed E-state index contributed by atoms with van der Waals surface area (Å²) in [6, 6.07) is 2.25. The van der Waals surface area contributed by atoms with Crippen LogP contribution in [0.25, 0.3) is 0 Å². The van der Waals surface area contributed by atoms with Gasteiger partial charge in [0.05, 0.1) is 6.20 Å². The van der Waals surface area contributed by atoms with Crippen molar-refractivity contribution < 1.29 is 18.3 Å². The predicted molar refractivity (Wildman–Crippen MR) is 69.1 cm³/mol. The van der Waals surface area contributed by atoms with E-state index in [9.17, 15) is 13.2 Å². The molecule has 0 fully saturated rings. The van der Waals surface area contributed by atoms with Gasteiger partial charge in [-0.1, -0.05) is 22.9 Å². The summed E-state index contributed by atoms with van der Waals surface area (Å²) in [7, 11) is -3.86. The highest BCUT2D eigenvalue weighted by Crippen LogP contribution is 2.24. The first-order chi connectivity index (χ1) is 8.88. The van der Waals surface area contributed by atoms with Gasteiger partial charge < -0.3 is 5.11 Å². The SMILES string of the molecule is O=C(O)c1ccc(S(=O)(=O)Nc2ncc(Cl)s2)cn1. The third-order valence-electron chi connectivity index (χ3n) is 1.96. The molecule has 2 rings (SSSR count). The predicted octanol–water partition coefficient (Wildman–Crippen LogP) is 1.69. The number of carboxylic acids is 1. The molecule has 2 N–H and O–H groups in total. The number of hydrogen-bond acceptors (Lipinski definition) is 6. The van der Waals surface area contributed by atoms with Crippen LogP contribution in [0.4, 0.5) is 5.13 Å². The van der Waals surface area contributed by atoms with E-state index in [0.29, 0.717) is 4.34 Å². The van der Waals surface area contributed by atoms with Gasteiger partial charge in [0.2, 0.25) is 0 Å². The quantitative estimate of drug-likeness (QED) is 0.887. The molecule has 0 aliphatic carbocycles. The molecule has 0 bridgehead atoms. The lowest BCUT2D eigenvalue weighted by Crippen LogP contribution is -2.13. The van der Waals surface area contributed by atoms with Crippen LogP contribution in [-0.2, 0) is 10.0 Å². The summed E-state index contributed by atoms with van der Waals surface area (Å²) in [5.74, 6) is -1.23. The summed E-state index contributed by atoms with van der Waals surface area (Å²) in [5, 5.41) is 8.78. The van der Waals surface area contributed by atoms with E-state index in [2.05, 4.69) is 14.7 Å². The molecule has 100 valence electrons. The van der Waals surface area contributed by atoms with Gasteiger partial charge in [0.1, 0.15) is 14.9 Å². The van der Waals surface area contributed by atoms with Crippen LogP contribution < -0.4 is 4.72 Å². The monoisotopic (exact) mass is 319 g/mol. The van der Waals surface area contributed by atoms with Crippen molar-refractivity contribution in [3.63, 3.8) is 0 Å². The van der Waals surface area contributed by atoms with Gasteiger partial charge in [0, 0.05) is 6.20 Å². The van der Waals surface area contributed by atoms with Gasteiger partial charge in [0.25, 0.3) is 10.0 Å². The second kappa shape index (κ2) is 5.11. The lowest BCUT2D eigenvalue weighted by Gasteiger charge is -2.04. The minimum absolute atomic E-state index is 0.118. The largest absolute Gasteiger partial charge is 0.477 e. The van der Waals surface area contributed by atoms with Crippen LogP contribution in [-0.4, -0.2) is 29.5 Å². The fourth-order valence-corrected chi connectivity index (χ4v) is 3.14. The topological polar surface area (TPSA) is 109 Å². The Labute approximate surface area is 117 Å². The molecule has 19 heavy (non-hydrogen) atoms. The molecule has 10 heteroatoms. The number of anilines is 1. The number of nitrogens with one attached hydrogen (secondary N) is 1. The third kappa shape index (κ3) is 3.19. The summed E-state index contributed by atoms with van der Waals surface area (Å²) in [6.07, 6.45) is 2.27. The number of aromatic carboxylic acids is 1. The highest BCUT2D eigenvalue weighted by molar-refractivity contribution is 7.93. The van der Waals surface area contributed by atoms with E-state index in [1.54, 1.807) is 0 Å². The number of aromatic nitrogens is 2. The van der Waals surface area contributed by atoms with Gasteiger partial charge in [-0.3, -0.25) is 4.72 Å². The summed E-state index contributed by atoms with van der Waals surface area (Å²) in [5.41, 5.74) is -0.240. The number of halogens is 1. The molecule has 0 atom stereocenters. The molecule has 0 amide bonds. The van der Waals surface area contributed by atoms with Gasteiger partial charge in [-0.05, 0) is 12.1 Å². The Hall–Kier alpha value is -1.71. The van der Waals surface area contributed by atoms with Crippen molar-refractivity contribution in [2.45, 2.75) is 4.90 Å². The number of carbonyl (C=O) groups is 1. The molecule has 2 aromatic rings. The van der Waals surface area contributed by atoms with Crippen molar-refractivity contribution in [3.05, 3.63) is 34.6 Å².